The van der Waals surface area contributed by atoms with Crippen LogP contribution < -0.4 is 10.2 Å². The van der Waals surface area contributed by atoms with Crippen LogP contribution in [0.25, 0.3) is 0 Å². The summed E-state index contributed by atoms with van der Waals surface area (Å²) in [6, 6.07) is 4.17. The summed E-state index contributed by atoms with van der Waals surface area (Å²) in [4.78, 5) is 9.22. The number of likely N-dealkylation sites (N-methyl/N-ethyl adjacent to an activating group) is 1. The number of nitrogens with zero attached hydrogens (tertiary/aromatic N) is 3. The van der Waals surface area contributed by atoms with Crippen LogP contribution in [0.4, 0.5) is 11.5 Å². The van der Waals surface area contributed by atoms with Crippen molar-refractivity contribution >= 4 is 11.5 Å². The largest absolute Gasteiger partial charge is 0.373 e. The number of nitrogens with one attached hydrogen (secondary N) is 1. The maximum absolute atomic E-state index is 4.35. The third-order valence-corrected chi connectivity index (χ3v) is 3.19. The zero-order valence-electron chi connectivity index (χ0n) is 10.1. The van der Waals surface area contributed by atoms with Crippen LogP contribution in [0.3, 0.4) is 0 Å². The summed E-state index contributed by atoms with van der Waals surface area (Å²) in [7, 11) is 1.89. The van der Waals surface area contributed by atoms with Crippen molar-refractivity contribution in [3.8, 4) is 0 Å². The van der Waals surface area contributed by atoms with E-state index in [1.165, 1.54) is 5.69 Å². The first-order valence-corrected chi connectivity index (χ1v) is 5.94. The molecule has 0 spiro atoms. The van der Waals surface area contributed by atoms with Crippen LogP contribution in [0.5, 0.6) is 0 Å². The molecule has 2 rings (SSSR count). The van der Waals surface area contributed by atoms with E-state index in [0.717, 1.165) is 38.5 Å². The summed E-state index contributed by atoms with van der Waals surface area (Å²) < 4.78 is 0. The Balaban J connectivity index is 1.97. The second-order valence-corrected chi connectivity index (χ2v) is 4.07. The molecule has 0 atom stereocenters. The van der Waals surface area contributed by atoms with Crippen molar-refractivity contribution in [1.29, 1.82) is 0 Å². The molecule has 1 fully saturated rings. The summed E-state index contributed by atoms with van der Waals surface area (Å²) in [6.07, 6.45) is 1.95. The minimum Gasteiger partial charge on any atom is -0.373 e. The summed E-state index contributed by atoms with van der Waals surface area (Å²) >= 11 is 0. The molecule has 4 nitrogen and oxygen atoms in total. The highest BCUT2D eigenvalue weighted by Crippen LogP contribution is 2.16. The molecule has 4 heteroatoms. The zero-order valence-corrected chi connectivity index (χ0v) is 10.1. The molecule has 0 radical (unpaired) electrons. The highest BCUT2D eigenvalue weighted by molar-refractivity contribution is 5.49. The number of pyridine rings is 1. The van der Waals surface area contributed by atoms with Gasteiger partial charge in [0.1, 0.15) is 5.82 Å². The standard InChI is InChI=1S/C12H20N4/c1-3-15-6-8-16(9-7-15)11-4-5-12(13-2)14-10-11/h4-5,10H,3,6-9H2,1-2H3,(H,13,14). The number of hydrogen-bond acceptors (Lipinski definition) is 4. The van der Waals surface area contributed by atoms with Gasteiger partial charge < -0.3 is 15.1 Å². The highest BCUT2D eigenvalue weighted by Gasteiger charge is 2.15. The first kappa shape index (κ1) is 11.2. The molecule has 1 aliphatic heterocycles. The number of hydrogen-bond donors (Lipinski definition) is 1. The molecule has 1 saturated heterocycles. The lowest BCUT2D eigenvalue weighted by Crippen LogP contribution is -2.46. The average Bonchev–Trinajstić information content (AvgIpc) is 2.39. The molecule has 1 aliphatic rings. The summed E-state index contributed by atoms with van der Waals surface area (Å²) in [5.41, 5.74) is 1.23. The fourth-order valence-corrected chi connectivity index (χ4v) is 2.04. The lowest BCUT2D eigenvalue weighted by atomic mass is 10.2. The van der Waals surface area contributed by atoms with Crippen molar-refractivity contribution in [3.63, 3.8) is 0 Å². The van der Waals surface area contributed by atoms with Gasteiger partial charge in [0.2, 0.25) is 0 Å². The highest BCUT2D eigenvalue weighted by atomic mass is 15.3. The van der Waals surface area contributed by atoms with Gasteiger partial charge in [-0.2, -0.15) is 0 Å². The van der Waals surface area contributed by atoms with E-state index in [9.17, 15) is 0 Å². The Labute approximate surface area is 97.3 Å². The van der Waals surface area contributed by atoms with Gasteiger partial charge in [0, 0.05) is 33.2 Å². The maximum atomic E-state index is 4.35. The van der Waals surface area contributed by atoms with Gasteiger partial charge in [-0.15, -0.1) is 0 Å². The van der Waals surface area contributed by atoms with Gasteiger partial charge in [-0.05, 0) is 18.7 Å². The molecule has 0 saturated carbocycles. The molecule has 1 aromatic rings. The lowest BCUT2D eigenvalue weighted by Gasteiger charge is -2.35. The summed E-state index contributed by atoms with van der Waals surface area (Å²) in [5.74, 6) is 0.927. The lowest BCUT2D eigenvalue weighted by molar-refractivity contribution is 0.271. The monoisotopic (exact) mass is 220 g/mol. The van der Waals surface area contributed by atoms with Crippen molar-refractivity contribution in [2.45, 2.75) is 6.92 Å². The van der Waals surface area contributed by atoms with Crippen molar-refractivity contribution in [3.05, 3.63) is 18.3 Å². The predicted octanol–water partition coefficient (Wildman–Crippen LogP) is 1.27. The minimum absolute atomic E-state index is 0.927. The van der Waals surface area contributed by atoms with Gasteiger partial charge in [0.25, 0.3) is 0 Å². The van der Waals surface area contributed by atoms with Crippen LogP contribution in [-0.4, -0.2) is 49.7 Å². The Morgan fingerprint density at radius 3 is 2.50 bits per heavy atom. The van der Waals surface area contributed by atoms with E-state index in [0.29, 0.717) is 0 Å². The van der Waals surface area contributed by atoms with E-state index in [2.05, 4.69) is 33.1 Å². The Kier molecular flexibility index (Phi) is 3.62. The van der Waals surface area contributed by atoms with Crippen LogP contribution in [0, 0.1) is 0 Å². The van der Waals surface area contributed by atoms with E-state index < -0.39 is 0 Å². The molecule has 0 aromatic carbocycles. The molecule has 0 bridgehead atoms. The minimum atomic E-state index is 0.927. The van der Waals surface area contributed by atoms with Crippen molar-refractivity contribution < 1.29 is 0 Å². The van der Waals surface area contributed by atoms with E-state index in [-0.39, 0.29) is 0 Å². The summed E-state index contributed by atoms with van der Waals surface area (Å²) in [5, 5.41) is 3.04. The SMILES string of the molecule is CCN1CCN(c2ccc(NC)nc2)CC1. The van der Waals surface area contributed by atoms with Crippen LogP contribution in [-0.2, 0) is 0 Å². The normalized spacial score (nSPS) is 17.5. The smallest absolute Gasteiger partial charge is 0.125 e. The molecule has 1 N–H and O–H groups in total. The second-order valence-electron chi connectivity index (χ2n) is 4.07. The first-order chi connectivity index (χ1) is 7.83. The first-order valence-electron chi connectivity index (χ1n) is 5.94. The van der Waals surface area contributed by atoms with Crippen LogP contribution in [0.1, 0.15) is 6.92 Å². The van der Waals surface area contributed by atoms with Gasteiger partial charge in [-0.1, -0.05) is 6.92 Å². The molecule has 0 amide bonds. The van der Waals surface area contributed by atoms with Gasteiger partial charge in [-0.3, -0.25) is 0 Å². The molecule has 16 heavy (non-hydrogen) atoms. The Morgan fingerprint density at radius 2 is 2.00 bits per heavy atom. The van der Waals surface area contributed by atoms with Gasteiger partial charge in [0.15, 0.2) is 0 Å². The Morgan fingerprint density at radius 1 is 1.25 bits per heavy atom. The number of rotatable bonds is 3. The van der Waals surface area contributed by atoms with Crippen molar-refractivity contribution in [2.75, 3.05) is 50.0 Å². The predicted molar refractivity (Wildman–Crippen MR) is 68.1 cm³/mol. The van der Waals surface area contributed by atoms with Gasteiger partial charge >= 0.3 is 0 Å². The maximum Gasteiger partial charge on any atom is 0.125 e. The third-order valence-electron chi connectivity index (χ3n) is 3.19. The van der Waals surface area contributed by atoms with E-state index >= 15 is 0 Å². The Bertz CT molecular complexity index is 314. The number of anilines is 2. The van der Waals surface area contributed by atoms with Crippen LogP contribution in [0.15, 0.2) is 18.3 Å². The molecule has 1 aromatic heterocycles. The van der Waals surface area contributed by atoms with Gasteiger partial charge in [-0.25, -0.2) is 4.98 Å². The van der Waals surface area contributed by atoms with E-state index in [1.807, 2.05) is 19.3 Å². The Hall–Kier alpha value is -1.29. The molecule has 2 heterocycles. The van der Waals surface area contributed by atoms with Crippen LogP contribution >= 0.6 is 0 Å². The van der Waals surface area contributed by atoms with Crippen molar-refractivity contribution in [2.24, 2.45) is 0 Å². The number of aromatic nitrogens is 1. The topological polar surface area (TPSA) is 31.4 Å². The molecular formula is C12H20N4. The second kappa shape index (κ2) is 5.16. The third kappa shape index (κ3) is 2.44. The van der Waals surface area contributed by atoms with Gasteiger partial charge in [0.05, 0.1) is 11.9 Å². The fourth-order valence-electron chi connectivity index (χ4n) is 2.04. The van der Waals surface area contributed by atoms with E-state index in [4.69, 9.17) is 0 Å². The summed E-state index contributed by atoms with van der Waals surface area (Å²) in [6.45, 7) is 7.90. The average molecular weight is 220 g/mol. The molecule has 0 aliphatic carbocycles. The fraction of sp³-hybridized carbons (Fsp3) is 0.583. The van der Waals surface area contributed by atoms with Crippen LogP contribution in [0.2, 0.25) is 0 Å². The molecule has 88 valence electrons. The number of piperazine rings is 1. The zero-order chi connectivity index (χ0) is 11.4. The van der Waals surface area contributed by atoms with Crippen molar-refractivity contribution in [1.82, 2.24) is 9.88 Å². The molecule has 0 unspecified atom stereocenters. The molecular weight excluding hydrogens is 200 g/mol. The van der Waals surface area contributed by atoms with E-state index in [1.54, 1.807) is 0 Å². The quantitative estimate of drug-likeness (QED) is 0.831.